The minimum atomic E-state index is -0.621. The molecule has 1 aliphatic carbocycles. The van der Waals surface area contributed by atoms with Gasteiger partial charge in [-0.05, 0) is 68.8 Å². The fourth-order valence-corrected chi connectivity index (χ4v) is 4.68. The number of imidazole rings is 1. The normalized spacial score (nSPS) is 15.6. The number of carbonyl (C=O) groups excluding carboxylic acids is 1. The predicted octanol–water partition coefficient (Wildman–Crippen LogP) is 5.44. The van der Waals surface area contributed by atoms with Gasteiger partial charge in [0.1, 0.15) is 5.52 Å². The van der Waals surface area contributed by atoms with E-state index in [1.54, 1.807) is 24.5 Å². The molecule has 3 aromatic rings. The molecule has 0 spiro atoms. The van der Waals surface area contributed by atoms with Crippen LogP contribution in [-0.4, -0.2) is 57.8 Å². The fraction of sp³-hybridized carbons (Fsp3) is 0.500. The average Bonchev–Trinajstić information content (AvgIpc) is 3.62. The number of aryl methyl sites for hydroxylation is 2. The molecule has 2 aliphatic rings. The number of aliphatic hydroxyl groups is 1. The zero-order valence-electron chi connectivity index (χ0n) is 22.3. The Morgan fingerprint density at radius 2 is 1.95 bits per heavy atom. The topological polar surface area (TPSA) is 91.7 Å². The Balaban J connectivity index is 0.00000164. The summed E-state index contributed by atoms with van der Waals surface area (Å²) in [5.74, 6) is -0.689. The number of nitrogens with zero attached hydrogens (tertiary/aromatic N) is 3. The largest absolute Gasteiger partial charge is 0.390 e. The molecule has 38 heavy (non-hydrogen) atoms. The van der Waals surface area contributed by atoms with Crippen molar-refractivity contribution in [2.24, 2.45) is 5.92 Å². The van der Waals surface area contributed by atoms with Crippen LogP contribution in [0, 0.1) is 18.7 Å². The number of nitrogens with one attached hydrogen (secondary N) is 2. The number of carbonyl (C=O) groups is 1. The summed E-state index contributed by atoms with van der Waals surface area (Å²) in [6, 6.07) is 7.03. The summed E-state index contributed by atoms with van der Waals surface area (Å²) in [6.45, 7) is 9.35. The summed E-state index contributed by atoms with van der Waals surface area (Å²) in [5, 5.41) is 12.9. The van der Waals surface area contributed by atoms with Crippen molar-refractivity contribution < 1.29 is 19.1 Å². The number of likely N-dealkylation sites (tertiary alicyclic amines) is 1. The second-order valence-corrected chi connectivity index (χ2v) is 10.2. The highest BCUT2D eigenvalue weighted by Crippen LogP contribution is 2.34. The van der Waals surface area contributed by atoms with Gasteiger partial charge >= 0.3 is 0 Å². The van der Waals surface area contributed by atoms with E-state index in [2.05, 4.69) is 20.7 Å². The fourth-order valence-electron chi connectivity index (χ4n) is 4.40. The van der Waals surface area contributed by atoms with Crippen LogP contribution in [0.15, 0.2) is 30.6 Å². The van der Waals surface area contributed by atoms with Gasteiger partial charge in [0.25, 0.3) is 5.91 Å². The zero-order chi connectivity index (χ0) is 27.2. The number of anilines is 2. The summed E-state index contributed by atoms with van der Waals surface area (Å²) in [5.41, 5.74) is 4.77. The number of hydrogen-bond acceptors (Lipinski definition) is 6. The monoisotopic (exact) mass is 545 g/mol. The van der Waals surface area contributed by atoms with E-state index in [4.69, 9.17) is 16.4 Å². The molecule has 8 nitrogen and oxygen atoms in total. The van der Waals surface area contributed by atoms with E-state index in [1.807, 2.05) is 31.4 Å². The highest BCUT2D eigenvalue weighted by molar-refractivity contribution is 6.33. The molecule has 0 atom stereocenters. The molecule has 206 valence electrons. The Morgan fingerprint density at radius 1 is 1.21 bits per heavy atom. The first-order chi connectivity index (χ1) is 18.4. The molecule has 0 unspecified atom stereocenters. The van der Waals surface area contributed by atoms with E-state index >= 15 is 4.39 Å². The molecule has 0 bridgehead atoms. The van der Waals surface area contributed by atoms with Gasteiger partial charge in [-0.3, -0.25) is 14.5 Å². The number of benzene rings is 2. The Morgan fingerprint density at radius 3 is 2.63 bits per heavy atom. The zero-order valence-corrected chi connectivity index (χ0v) is 23.0. The maximum Gasteiger partial charge on any atom is 0.277 e. The molecule has 10 heteroatoms. The summed E-state index contributed by atoms with van der Waals surface area (Å²) >= 11 is 6.38. The molecular formula is C28H37ClFN5O3. The van der Waals surface area contributed by atoms with Crippen molar-refractivity contribution in [1.82, 2.24) is 19.9 Å². The average molecular weight is 546 g/mol. The van der Waals surface area contributed by atoms with Crippen LogP contribution in [0.3, 0.4) is 0 Å². The predicted molar refractivity (Wildman–Crippen MR) is 148 cm³/mol. The number of unbranched alkanes of at least 4 members (excludes halogenated alkanes) is 1. The first kappa shape index (κ1) is 28.3. The molecule has 5 rings (SSSR count). The van der Waals surface area contributed by atoms with E-state index in [0.29, 0.717) is 35.3 Å². The molecule has 1 aliphatic heterocycles. The van der Waals surface area contributed by atoms with Crippen molar-refractivity contribution in [3.05, 3.63) is 52.6 Å². The van der Waals surface area contributed by atoms with Crippen LogP contribution >= 0.6 is 11.6 Å². The van der Waals surface area contributed by atoms with E-state index < -0.39 is 11.7 Å². The minimum absolute atomic E-state index is 0.00219. The lowest BCUT2D eigenvalue weighted by Gasteiger charge is -2.35. The number of amides is 1. The Bertz CT molecular complexity index is 1260. The van der Waals surface area contributed by atoms with Crippen LogP contribution < -0.4 is 10.8 Å². The van der Waals surface area contributed by atoms with Gasteiger partial charge in [0.2, 0.25) is 0 Å². The standard InChI is InChI=1S/C26H31ClFN5O3.C2H6/c1-16-4-7-21(20(27)10-16)30-24-19(26(35)31-36-14-17-5-6-17)11-22-25(23(24)28)29-15-33(22)9-3-2-8-32-12-18(34)13-32;1-2/h4,7,10-11,15,17-18,30,34H,2-3,5-6,8-9,12-14H2,1H3,(H,31,35);1-2H3. The number of aliphatic hydroxyl groups excluding tert-OH is 1. The second-order valence-electron chi connectivity index (χ2n) is 9.83. The van der Waals surface area contributed by atoms with Gasteiger partial charge in [0, 0.05) is 19.6 Å². The van der Waals surface area contributed by atoms with E-state index in [1.165, 1.54) is 0 Å². The highest BCUT2D eigenvalue weighted by atomic mass is 35.5. The number of rotatable bonds is 11. The Hall–Kier alpha value is -2.72. The van der Waals surface area contributed by atoms with Crippen molar-refractivity contribution >= 4 is 39.9 Å². The summed E-state index contributed by atoms with van der Waals surface area (Å²) < 4.78 is 17.7. The summed E-state index contributed by atoms with van der Waals surface area (Å²) in [4.78, 5) is 25.0. The van der Waals surface area contributed by atoms with Crippen molar-refractivity contribution in [3.8, 4) is 0 Å². The minimum Gasteiger partial charge on any atom is -0.390 e. The van der Waals surface area contributed by atoms with E-state index in [0.717, 1.165) is 50.9 Å². The molecule has 1 amide bonds. The molecule has 1 saturated carbocycles. The van der Waals surface area contributed by atoms with Crippen LogP contribution in [0.1, 0.15) is 55.5 Å². The smallest absolute Gasteiger partial charge is 0.277 e. The molecule has 1 aromatic heterocycles. The maximum absolute atomic E-state index is 15.8. The lowest BCUT2D eigenvalue weighted by Crippen LogP contribution is -2.50. The number of fused-ring (bicyclic) bond motifs is 1. The van der Waals surface area contributed by atoms with Crippen molar-refractivity contribution in [2.75, 3.05) is 31.6 Å². The van der Waals surface area contributed by atoms with Gasteiger partial charge in [0.15, 0.2) is 5.82 Å². The van der Waals surface area contributed by atoms with Crippen LogP contribution in [0.25, 0.3) is 11.0 Å². The third-order valence-electron chi connectivity index (χ3n) is 6.73. The molecule has 2 fully saturated rings. The molecule has 1 saturated heterocycles. The lowest BCUT2D eigenvalue weighted by atomic mass is 10.1. The number of halogens is 2. The van der Waals surface area contributed by atoms with Crippen LogP contribution in [-0.2, 0) is 11.4 Å². The number of hydrogen-bond donors (Lipinski definition) is 3. The number of hydroxylamine groups is 1. The third-order valence-corrected chi connectivity index (χ3v) is 7.04. The summed E-state index contributed by atoms with van der Waals surface area (Å²) in [7, 11) is 0. The Kier molecular flexibility index (Phi) is 9.59. The second kappa shape index (κ2) is 12.9. The molecule has 2 heterocycles. The van der Waals surface area contributed by atoms with Gasteiger partial charge in [-0.2, -0.15) is 0 Å². The Labute approximate surface area is 228 Å². The molecule has 0 radical (unpaired) electrons. The SMILES string of the molecule is CC.Cc1ccc(Nc2c(C(=O)NOCC3CC3)cc3c(ncn3CCCCN3CC(O)C3)c2F)c(Cl)c1. The van der Waals surface area contributed by atoms with Crippen LogP contribution in [0.5, 0.6) is 0 Å². The lowest BCUT2D eigenvalue weighted by molar-refractivity contribution is 0.00142. The van der Waals surface area contributed by atoms with Gasteiger partial charge in [-0.15, -0.1) is 0 Å². The summed E-state index contributed by atoms with van der Waals surface area (Å²) in [6.07, 6.45) is 5.39. The van der Waals surface area contributed by atoms with E-state index in [9.17, 15) is 9.90 Å². The van der Waals surface area contributed by atoms with Crippen molar-refractivity contribution in [2.45, 2.75) is 59.1 Å². The molecule has 2 aromatic carbocycles. The molecule has 3 N–H and O–H groups in total. The highest BCUT2D eigenvalue weighted by Gasteiger charge is 2.25. The van der Waals surface area contributed by atoms with Gasteiger partial charge in [-0.25, -0.2) is 14.9 Å². The third kappa shape index (κ3) is 6.83. The first-order valence-corrected chi connectivity index (χ1v) is 13.8. The first-order valence-electron chi connectivity index (χ1n) is 13.4. The van der Waals surface area contributed by atoms with E-state index in [-0.39, 0.29) is 22.9 Å². The van der Waals surface area contributed by atoms with Crippen LogP contribution in [0.2, 0.25) is 5.02 Å². The maximum atomic E-state index is 15.8. The quantitative estimate of drug-likeness (QED) is 0.220. The molecular weight excluding hydrogens is 509 g/mol. The van der Waals surface area contributed by atoms with Crippen LogP contribution in [0.4, 0.5) is 15.8 Å². The number of β-amino-alcohol motifs (C(OH)–C–C–N with tert-alkyl or cyclic N) is 1. The van der Waals surface area contributed by atoms with Gasteiger partial charge in [0.05, 0.1) is 46.5 Å². The van der Waals surface area contributed by atoms with Crippen molar-refractivity contribution in [1.29, 1.82) is 0 Å². The van der Waals surface area contributed by atoms with Crippen molar-refractivity contribution in [3.63, 3.8) is 0 Å². The van der Waals surface area contributed by atoms with Gasteiger partial charge < -0.3 is 15.0 Å². The number of aromatic nitrogens is 2. The van der Waals surface area contributed by atoms with Gasteiger partial charge in [-0.1, -0.05) is 31.5 Å².